The molecule has 6 heteroatoms. The third kappa shape index (κ3) is 2.11. The molecule has 5 nitrogen and oxygen atoms in total. The van der Waals surface area contributed by atoms with Crippen molar-refractivity contribution in [3.05, 3.63) is 28.1 Å². The Morgan fingerprint density at radius 1 is 1.65 bits per heavy atom. The fourth-order valence-corrected chi connectivity index (χ4v) is 2.76. The van der Waals surface area contributed by atoms with Crippen LogP contribution < -0.4 is 10.9 Å². The van der Waals surface area contributed by atoms with E-state index in [0.717, 1.165) is 23.3 Å². The van der Waals surface area contributed by atoms with E-state index >= 15 is 0 Å². The van der Waals surface area contributed by atoms with Gasteiger partial charge in [-0.3, -0.25) is 9.36 Å². The van der Waals surface area contributed by atoms with Gasteiger partial charge in [0.25, 0.3) is 5.56 Å². The number of hydrogen-bond acceptors (Lipinski definition) is 5. The summed E-state index contributed by atoms with van der Waals surface area (Å²) in [5.41, 5.74) is 0.804. The highest BCUT2D eigenvalue weighted by atomic mass is 32.1. The molecule has 1 saturated heterocycles. The van der Waals surface area contributed by atoms with Crippen molar-refractivity contribution in [3.63, 3.8) is 0 Å². The average Bonchev–Trinajstić information content (AvgIpc) is 2.83. The molecule has 3 heterocycles. The Morgan fingerprint density at radius 3 is 3.41 bits per heavy atom. The van der Waals surface area contributed by atoms with Gasteiger partial charge in [0.2, 0.25) is 0 Å². The first-order valence-electron chi connectivity index (χ1n) is 5.59. The Labute approximate surface area is 102 Å². The van der Waals surface area contributed by atoms with Gasteiger partial charge in [-0.15, -0.1) is 11.3 Å². The van der Waals surface area contributed by atoms with E-state index in [0.29, 0.717) is 13.2 Å². The molecule has 1 fully saturated rings. The normalized spacial score (nSPS) is 20.8. The Balaban J connectivity index is 1.89. The summed E-state index contributed by atoms with van der Waals surface area (Å²) in [5.74, 6) is 0. The molecule has 0 spiro atoms. The van der Waals surface area contributed by atoms with Crippen LogP contribution in [0.2, 0.25) is 0 Å². The largest absolute Gasteiger partial charge is 0.374 e. The molecule has 0 saturated carbocycles. The zero-order valence-electron chi connectivity index (χ0n) is 9.26. The molecule has 1 aliphatic heterocycles. The fraction of sp³-hybridized carbons (Fsp3) is 0.455. The second kappa shape index (κ2) is 4.56. The summed E-state index contributed by atoms with van der Waals surface area (Å²) in [7, 11) is 0. The van der Waals surface area contributed by atoms with Crippen molar-refractivity contribution in [3.8, 4) is 0 Å². The van der Waals surface area contributed by atoms with Crippen molar-refractivity contribution in [2.24, 2.45) is 0 Å². The molecule has 0 bridgehead atoms. The summed E-state index contributed by atoms with van der Waals surface area (Å²) in [5, 5.41) is 5.14. The van der Waals surface area contributed by atoms with Gasteiger partial charge >= 0.3 is 0 Å². The first-order valence-corrected chi connectivity index (χ1v) is 6.47. The topological polar surface area (TPSA) is 56.2 Å². The zero-order valence-corrected chi connectivity index (χ0v) is 10.1. The maximum absolute atomic E-state index is 12.1. The van der Waals surface area contributed by atoms with E-state index in [9.17, 15) is 4.79 Å². The standard InChI is InChI=1S/C11H13N3O2S/c15-11-10-9(1-4-17-10)13-7-14(11)6-8-5-12-2-3-16-8/h1,4,7-8,12H,2-3,5-6H2. The second-order valence-corrected chi connectivity index (χ2v) is 4.95. The van der Waals surface area contributed by atoms with Crippen molar-refractivity contribution in [2.45, 2.75) is 12.6 Å². The van der Waals surface area contributed by atoms with Gasteiger partial charge in [-0.05, 0) is 11.4 Å². The molecular formula is C11H13N3O2S. The lowest BCUT2D eigenvalue weighted by Gasteiger charge is -2.23. The number of thiophene rings is 1. The molecule has 0 aliphatic carbocycles. The first kappa shape index (κ1) is 10.9. The highest BCUT2D eigenvalue weighted by Crippen LogP contribution is 2.13. The van der Waals surface area contributed by atoms with Crippen LogP contribution in [0.1, 0.15) is 0 Å². The van der Waals surface area contributed by atoms with Crippen LogP contribution in [0.3, 0.4) is 0 Å². The van der Waals surface area contributed by atoms with Crippen LogP contribution in [0.4, 0.5) is 0 Å². The summed E-state index contributed by atoms with van der Waals surface area (Å²) in [4.78, 5) is 16.4. The average molecular weight is 251 g/mol. The maximum atomic E-state index is 12.1. The molecule has 0 radical (unpaired) electrons. The molecule has 0 amide bonds. The maximum Gasteiger partial charge on any atom is 0.271 e. The van der Waals surface area contributed by atoms with E-state index in [-0.39, 0.29) is 11.7 Å². The van der Waals surface area contributed by atoms with Gasteiger partial charge in [-0.2, -0.15) is 0 Å². The van der Waals surface area contributed by atoms with Gasteiger partial charge in [0.15, 0.2) is 0 Å². The summed E-state index contributed by atoms with van der Waals surface area (Å²) < 4.78 is 7.94. The van der Waals surface area contributed by atoms with Crippen molar-refractivity contribution in [1.29, 1.82) is 0 Å². The lowest BCUT2D eigenvalue weighted by molar-refractivity contribution is 0.0176. The Bertz CT molecular complexity index is 571. The molecule has 3 rings (SSSR count). The third-order valence-electron chi connectivity index (χ3n) is 2.84. The molecule has 2 aromatic heterocycles. The highest BCUT2D eigenvalue weighted by molar-refractivity contribution is 7.17. The van der Waals surface area contributed by atoms with E-state index < -0.39 is 0 Å². The lowest BCUT2D eigenvalue weighted by atomic mass is 10.3. The lowest BCUT2D eigenvalue weighted by Crippen LogP contribution is -2.42. The monoisotopic (exact) mass is 251 g/mol. The molecular weight excluding hydrogens is 238 g/mol. The molecule has 1 unspecified atom stereocenters. The highest BCUT2D eigenvalue weighted by Gasteiger charge is 2.15. The smallest absolute Gasteiger partial charge is 0.271 e. The minimum Gasteiger partial charge on any atom is -0.374 e. The number of nitrogens with zero attached hydrogens (tertiary/aromatic N) is 2. The fourth-order valence-electron chi connectivity index (χ4n) is 1.97. The van der Waals surface area contributed by atoms with Crippen LogP contribution in [0.15, 0.2) is 22.6 Å². The quantitative estimate of drug-likeness (QED) is 0.842. The summed E-state index contributed by atoms with van der Waals surface area (Å²) in [6.07, 6.45) is 1.66. The van der Waals surface area contributed by atoms with Crippen molar-refractivity contribution in [2.75, 3.05) is 19.7 Å². The van der Waals surface area contributed by atoms with Crippen molar-refractivity contribution >= 4 is 21.6 Å². The molecule has 90 valence electrons. The van der Waals surface area contributed by atoms with Gasteiger partial charge < -0.3 is 10.1 Å². The molecule has 0 aromatic carbocycles. The number of aromatic nitrogens is 2. The Hall–Kier alpha value is -1.24. The van der Waals surface area contributed by atoms with Crippen LogP contribution in [0, 0.1) is 0 Å². The Kier molecular flexibility index (Phi) is 2.92. The number of morpholine rings is 1. The van der Waals surface area contributed by atoms with Crippen LogP contribution >= 0.6 is 11.3 Å². The van der Waals surface area contributed by atoms with Crippen molar-refractivity contribution < 1.29 is 4.74 Å². The van der Waals surface area contributed by atoms with E-state index in [1.165, 1.54) is 11.3 Å². The summed E-state index contributed by atoms with van der Waals surface area (Å²) in [6, 6.07) is 1.87. The van der Waals surface area contributed by atoms with Gasteiger partial charge in [0.1, 0.15) is 4.70 Å². The number of hydrogen-bond donors (Lipinski definition) is 1. The molecule has 1 atom stereocenters. The van der Waals surface area contributed by atoms with Crippen LogP contribution in [0.25, 0.3) is 10.2 Å². The Morgan fingerprint density at radius 2 is 2.59 bits per heavy atom. The predicted molar refractivity (Wildman–Crippen MR) is 66.5 cm³/mol. The predicted octanol–water partition coefficient (Wildman–Crippen LogP) is 0.446. The van der Waals surface area contributed by atoms with Crippen LogP contribution in [0.5, 0.6) is 0 Å². The van der Waals surface area contributed by atoms with E-state index in [2.05, 4.69) is 10.3 Å². The second-order valence-electron chi connectivity index (χ2n) is 4.03. The number of rotatable bonds is 2. The summed E-state index contributed by atoms with van der Waals surface area (Å²) in [6.45, 7) is 2.93. The van der Waals surface area contributed by atoms with Gasteiger partial charge in [-0.1, -0.05) is 0 Å². The van der Waals surface area contributed by atoms with E-state index in [4.69, 9.17) is 4.74 Å². The van der Waals surface area contributed by atoms with Gasteiger partial charge in [0.05, 0.1) is 31.1 Å². The van der Waals surface area contributed by atoms with Gasteiger partial charge in [0, 0.05) is 13.1 Å². The minimum atomic E-state index is 0.0270. The van der Waals surface area contributed by atoms with Crippen LogP contribution in [-0.4, -0.2) is 35.4 Å². The SMILES string of the molecule is O=c1c2sccc2ncn1CC1CNCCO1. The summed E-state index contributed by atoms with van der Waals surface area (Å²) >= 11 is 1.44. The van der Waals surface area contributed by atoms with Crippen molar-refractivity contribution in [1.82, 2.24) is 14.9 Å². The molecule has 1 aliphatic rings. The zero-order chi connectivity index (χ0) is 11.7. The minimum absolute atomic E-state index is 0.0270. The third-order valence-corrected chi connectivity index (χ3v) is 3.73. The number of fused-ring (bicyclic) bond motifs is 1. The molecule has 17 heavy (non-hydrogen) atoms. The van der Waals surface area contributed by atoms with Crippen LogP contribution in [-0.2, 0) is 11.3 Å². The first-order chi connectivity index (χ1) is 8.34. The van der Waals surface area contributed by atoms with E-state index in [1.807, 2.05) is 11.4 Å². The van der Waals surface area contributed by atoms with E-state index in [1.54, 1.807) is 10.9 Å². The molecule has 1 N–H and O–H groups in total. The molecule has 2 aromatic rings. The van der Waals surface area contributed by atoms with Gasteiger partial charge in [-0.25, -0.2) is 4.98 Å². The number of ether oxygens (including phenoxy) is 1. The number of nitrogens with one attached hydrogen (secondary N) is 1.